The number of morpholine rings is 1. The number of carbonyl (C=O) groups excluding carboxylic acids is 1. The summed E-state index contributed by atoms with van der Waals surface area (Å²) in [6, 6.07) is 4.11. The SMILES string of the molecule is Cc1nc2cc(F)ccc2c(=O)n1CC1CCN(CC(=O)N2CCOCC2)CC1. The number of halogens is 1. The fraction of sp³-hybridized carbons (Fsp3) is 0.571. The first-order chi connectivity index (χ1) is 14.0. The minimum absolute atomic E-state index is 0.113. The van der Waals surface area contributed by atoms with Gasteiger partial charge in [-0.15, -0.1) is 0 Å². The first-order valence-corrected chi connectivity index (χ1v) is 10.3. The first-order valence-electron chi connectivity index (χ1n) is 10.3. The van der Waals surface area contributed by atoms with Gasteiger partial charge < -0.3 is 9.64 Å². The molecule has 1 aromatic heterocycles. The van der Waals surface area contributed by atoms with E-state index >= 15 is 0 Å². The third kappa shape index (κ3) is 4.48. The van der Waals surface area contributed by atoms with Crippen LogP contribution in [0, 0.1) is 18.7 Å². The van der Waals surface area contributed by atoms with E-state index in [1.165, 1.54) is 18.2 Å². The van der Waals surface area contributed by atoms with Crippen molar-refractivity contribution < 1.29 is 13.9 Å². The highest BCUT2D eigenvalue weighted by molar-refractivity contribution is 5.78. The summed E-state index contributed by atoms with van der Waals surface area (Å²) in [5.41, 5.74) is 0.289. The zero-order chi connectivity index (χ0) is 20.4. The molecule has 1 amide bonds. The summed E-state index contributed by atoms with van der Waals surface area (Å²) in [6.45, 7) is 7.14. The van der Waals surface area contributed by atoms with Crippen LogP contribution in [0.2, 0.25) is 0 Å². The number of ether oxygens (including phenoxy) is 1. The molecule has 0 radical (unpaired) electrons. The van der Waals surface area contributed by atoms with Crippen LogP contribution in [0.15, 0.2) is 23.0 Å². The Morgan fingerprint density at radius 2 is 1.93 bits per heavy atom. The minimum Gasteiger partial charge on any atom is -0.378 e. The Morgan fingerprint density at radius 3 is 2.66 bits per heavy atom. The normalized spacial score (nSPS) is 19.0. The average molecular weight is 402 g/mol. The monoisotopic (exact) mass is 402 g/mol. The van der Waals surface area contributed by atoms with Crippen molar-refractivity contribution in [2.24, 2.45) is 5.92 Å². The van der Waals surface area contributed by atoms with Crippen molar-refractivity contribution in [2.45, 2.75) is 26.3 Å². The molecule has 0 atom stereocenters. The molecule has 2 aromatic rings. The van der Waals surface area contributed by atoms with Gasteiger partial charge >= 0.3 is 0 Å². The van der Waals surface area contributed by atoms with Crippen LogP contribution in [0.1, 0.15) is 18.7 Å². The Labute approximate surface area is 169 Å². The summed E-state index contributed by atoms with van der Waals surface area (Å²) in [4.78, 5) is 33.8. The molecule has 2 aliphatic rings. The van der Waals surface area contributed by atoms with Gasteiger partial charge in [0.05, 0.1) is 30.7 Å². The zero-order valence-corrected chi connectivity index (χ0v) is 16.8. The molecule has 8 heteroatoms. The van der Waals surface area contributed by atoms with Gasteiger partial charge in [-0.2, -0.15) is 0 Å². The highest BCUT2D eigenvalue weighted by atomic mass is 19.1. The molecule has 0 saturated carbocycles. The standard InChI is InChI=1S/C21H27FN4O3/c1-15-23-19-12-17(22)2-3-18(19)21(28)26(15)13-16-4-6-24(7-5-16)14-20(27)25-8-10-29-11-9-25/h2-3,12,16H,4-11,13-14H2,1H3. The molecule has 0 spiro atoms. The predicted molar refractivity (Wildman–Crippen MR) is 107 cm³/mol. The van der Waals surface area contributed by atoms with Crippen molar-refractivity contribution in [3.05, 3.63) is 40.2 Å². The smallest absolute Gasteiger partial charge is 0.261 e. The lowest BCUT2D eigenvalue weighted by atomic mass is 9.96. The molecule has 1 aromatic carbocycles. The molecular weight excluding hydrogens is 375 g/mol. The number of nitrogens with zero attached hydrogens (tertiary/aromatic N) is 4. The molecule has 4 rings (SSSR count). The number of benzene rings is 1. The number of piperidine rings is 1. The van der Waals surface area contributed by atoms with Crippen LogP contribution in [-0.4, -0.2) is 71.2 Å². The predicted octanol–water partition coefficient (Wildman–Crippen LogP) is 1.41. The molecule has 7 nitrogen and oxygen atoms in total. The Hall–Kier alpha value is -2.32. The van der Waals surface area contributed by atoms with E-state index in [0.29, 0.717) is 62.0 Å². The van der Waals surface area contributed by atoms with E-state index in [1.54, 1.807) is 11.5 Å². The van der Waals surface area contributed by atoms with Crippen LogP contribution in [0.25, 0.3) is 10.9 Å². The van der Waals surface area contributed by atoms with Gasteiger partial charge in [-0.25, -0.2) is 9.37 Å². The average Bonchev–Trinajstić information content (AvgIpc) is 2.72. The van der Waals surface area contributed by atoms with Crippen LogP contribution in [0.3, 0.4) is 0 Å². The van der Waals surface area contributed by atoms with Crippen molar-refractivity contribution in [3.8, 4) is 0 Å². The van der Waals surface area contributed by atoms with Crippen molar-refractivity contribution in [1.82, 2.24) is 19.4 Å². The lowest BCUT2D eigenvalue weighted by Gasteiger charge is -2.34. The van der Waals surface area contributed by atoms with E-state index < -0.39 is 0 Å². The maximum absolute atomic E-state index is 13.4. The molecule has 0 unspecified atom stereocenters. The van der Waals surface area contributed by atoms with Crippen LogP contribution < -0.4 is 5.56 Å². The maximum Gasteiger partial charge on any atom is 0.261 e. The zero-order valence-electron chi connectivity index (χ0n) is 16.8. The van der Waals surface area contributed by atoms with Crippen LogP contribution in [-0.2, 0) is 16.1 Å². The lowest BCUT2D eigenvalue weighted by Crippen LogP contribution is -2.47. The molecule has 0 N–H and O–H groups in total. The summed E-state index contributed by atoms with van der Waals surface area (Å²) < 4.78 is 20.4. The largest absolute Gasteiger partial charge is 0.378 e. The Morgan fingerprint density at radius 1 is 1.21 bits per heavy atom. The van der Waals surface area contributed by atoms with Gasteiger partial charge in [-0.05, 0) is 50.9 Å². The number of aromatic nitrogens is 2. The van der Waals surface area contributed by atoms with E-state index in [1.807, 2.05) is 4.90 Å². The van der Waals surface area contributed by atoms with E-state index in [4.69, 9.17) is 4.74 Å². The van der Waals surface area contributed by atoms with Gasteiger partial charge in [0.15, 0.2) is 0 Å². The number of rotatable bonds is 4. The highest BCUT2D eigenvalue weighted by Gasteiger charge is 2.25. The fourth-order valence-corrected chi connectivity index (χ4v) is 4.21. The van der Waals surface area contributed by atoms with E-state index in [0.717, 1.165) is 25.9 Å². The second-order valence-electron chi connectivity index (χ2n) is 7.95. The lowest BCUT2D eigenvalue weighted by molar-refractivity contribution is -0.136. The molecule has 3 heterocycles. The van der Waals surface area contributed by atoms with Crippen molar-refractivity contribution in [1.29, 1.82) is 0 Å². The summed E-state index contributed by atoms with van der Waals surface area (Å²) in [5, 5.41) is 0.450. The number of likely N-dealkylation sites (tertiary alicyclic amines) is 1. The number of aryl methyl sites for hydroxylation is 1. The van der Waals surface area contributed by atoms with Crippen molar-refractivity contribution in [3.63, 3.8) is 0 Å². The number of hydrogen-bond donors (Lipinski definition) is 0. The quantitative estimate of drug-likeness (QED) is 0.774. The number of carbonyl (C=O) groups is 1. The van der Waals surface area contributed by atoms with Gasteiger partial charge in [0.2, 0.25) is 5.91 Å². The molecule has 2 fully saturated rings. The van der Waals surface area contributed by atoms with Crippen LogP contribution in [0.5, 0.6) is 0 Å². The number of amides is 1. The molecule has 0 aliphatic carbocycles. The fourth-order valence-electron chi connectivity index (χ4n) is 4.21. The summed E-state index contributed by atoms with van der Waals surface area (Å²) in [7, 11) is 0. The van der Waals surface area contributed by atoms with Gasteiger partial charge in [0.25, 0.3) is 5.56 Å². The third-order valence-electron chi connectivity index (χ3n) is 5.98. The Kier molecular flexibility index (Phi) is 5.91. The number of fused-ring (bicyclic) bond motifs is 1. The summed E-state index contributed by atoms with van der Waals surface area (Å²) in [5.74, 6) is 0.754. The van der Waals surface area contributed by atoms with E-state index in [9.17, 15) is 14.0 Å². The second kappa shape index (κ2) is 8.59. The first kappa shape index (κ1) is 20.0. The van der Waals surface area contributed by atoms with Crippen molar-refractivity contribution in [2.75, 3.05) is 45.9 Å². The van der Waals surface area contributed by atoms with Gasteiger partial charge in [0.1, 0.15) is 11.6 Å². The third-order valence-corrected chi connectivity index (χ3v) is 5.98. The molecule has 0 bridgehead atoms. The summed E-state index contributed by atoms with van der Waals surface area (Å²) >= 11 is 0. The van der Waals surface area contributed by atoms with Gasteiger partial charge in [-0.1, -0.05) is 0 Å². The van der Waals surface area contributed by atoms with Gasteiger partial charge in [-0.3, -0.25) is 19.1 Å². The van der Waals surface area contributed by atoms with Crippen molar-refractivity contribution >= 4 is 16.8 Å². The maximum atomic E-state index is 13.4. The second-order valence-corrected chi connectivity index (χ2v) is 7.95. The molecule has 156 valence electrons. The number of hydrogen-bond acceptors (Lipinski definition) is 5. The molecular formula is C21H27FN4O3. The Bertz CT molecular complexity index is 947. The molecule has 29 heavy (non-hydrogen) atoms. The minimum atomic E-state index is -0.388. The topological polar surface area (TPSA) is 67.7 Å². The van der Waals surface area contributed by atoms with E-state index in [-0.39, 0.29) is 17.3 Å². The van der Waals surface area contributed by atoms with E-state index in [2.05, 4.69) is 9.88 Å². The van der Waals surface area contributed by atoms with Crippen LogP contribution in [0.4, 0.5) is 4.39 Å². The molecule has 2 aliphatic heterocycles. The summed E-state index contributed by atoms with van der Waals surface area (Å²) in [6.07, 6.45) is 1.87. The molecule has 2 saturated heterocycles. The Balaban J connectivity index is 1.37. The van der Waals surface area contributed by atoms with Gasteiger partial charge in [0, 0.05) is 25.7 Å². The highest BCUT2D eigenvalue weighted by Crippen LogP contribution is 2.20. The van der Waals surface area contributed by atoms with Crippen LogP contribution >= 0.6 is 0 Å².